The van der Waals surface area contributed by atoms with Gasteiger partial charge in [-0.1, -0.05) is 44.2 Å². The highest BCUT2D eigenvalue weighted by atomic mass is 19.4. The number of carbonyl (C=O) groups excluding carboxylic acids is 3. The van der Waals surface area contributed by atoms with E-state index in [2.05, 4.69) is 35.5 Å². The van der Waals surface area contributed by atoms with Gasteiger partial charge in [-0.3, -0.25) is 29.3 Å². The number of aromatic nitrogens is 5. The molecule has 1 unspecified atom stereocenters. The molecular formula is C32H32F3N7O7. The van der Waals surface area contributed by atoms with Crippen molar-refractivity contribution in [2.24, 2.45) is 5.92 Å². The molecule has 5 rings (SSSR count). The fraction of sp³-hybridized carbons (Fsp3) is 0.375. The average molecular weight is 684 g/mol. The molecule has 1 fully saturated rings. The Labute approximate surface area is 277 Å². The number of pyridine rings is 1. The van der Waals surface area contributed by atoms with Crippen LogP contribution in [0.5, 0.6) is 0 Å². The maximum atomic E-state index is 13.7. The number of Topliss-reactive ketones (excluding diaryl/α,β-unsaturated/α-hetero) is 1. The largest absolute Gasteiger partial charge is 0.453 e. The molecule has 1 aromatic carbocycles. The molecule has 4 heterocycles. The molecule has 1 saturated heterocycles. The van der Waals surface area contributed by atoms with Crippen molar-refractivity contribution in [3.63, 3.8) is 0 Å². The number of hydrogen-bond donors (Lipinski definition) is 2. The van der Waals surface area contributed by atoms with E-state index in [1.165, 1.54) is 6.07 Å². The highest BCUT2D eigenvalue weighted by molar-refractivity contribution is 5.98. The van der Waals surface area contributed by atoms with Crippen LogP contribution in [0.4, 0.5) is 23.7 Å². The first kappa shape index (κ1) is 34.9. The van der Waals surface area contributed by atoms with Gasteiger partial charge in [-0.2, -0.15) is 13.2 Å². The SMILES string of the molecule is COC(=O)Nc1cnc(-c2ccccc2)n(CC(=O)NC(C(=O)c2nnc(C3(c4ccc(C(F)(F)F)cn4)CCOCC3)o2)C(C)C)c1=O. The number of halogens is 3. The maximum absolute atomic E-state index is 13.7. The van der Waals surface area contributed by atoms with E-state index < -0.39 is 64.9 Å². The summed E-state index contributed by atoms with van der Waals surface area (Å²) in [4.78, 5) is 60.7. The van der Waals surface area contributed by atoms with Crippen LogP contribution < -0.4 is 16.2 Å². The van der Waals surface area contributed by atoms with Gasteiger partial charge in [0.15, 0.2) is 0 Å². The number of carbonyl (C=O) groups is 3. The summed E-state index contributed by atoms with van der Waals surface area (Å²) in [5.74, 6) is -2.28. The summed E-state index contributed by atoms with van der Waals surface area (Å²) in [5.41, 5.74) is -2.26. The van der Waals surface area contributed by atoms with Crippen molar-refractivity contribution in [2.45, 2.75) is 50.9 Å². The van der Waals surface area contributed by atoms with Gasteiger partial charge in [-0.15, -0.1) is 10.2 Å². The first-order valence-electron chi connectivity index (χ1n) is 15.1. The minimum Gasteiger partial charge on any atom is -0.453 e. The zero-order valence-corrected chi connectivity index (χ0v) is 26.6. The molecule has 0 aliphatic carbocycles. The van der Waals surface area contributed by atoms with Crippen molar-refractivity contribution in [1.29, 1.82) is 0 Å². The fourth-order valence-corrected chi connectivity index (χ4v) is 5.39. The highest BCUT2D eigenvalue weighted by Gasteiger charge is 2.44. The smallest absolute Gasteiger partial charge is 0.417 e. The molecule has 0 spiro atoms. The maximum Gasteiger partial charge on any atom is 0.417 e. The molecule has 4 aromatic rings. The Morgan fingerprint density at radius 3 is 2.35 bits per heavy atom. The lowest BCUT2D eigenvalue weighted by Crippen LogP contribution is -2.46. The summed E-state index contributed by atoms with van der Waals surface area (Å²) in [6.45, 7) is 3.23. The van der Waals surface area contributed by atoms with Crippen molar-refractivity contribution in [3.8, 4) is 11.4 Å². The Morgan fingerprint density at radius 2 is 1.73 bits per heavy atom. The van der Waals surface area contributed by atoms with Crippen LogP contribution in [-0.2, 0) is 32.4 Å². The number of amides is 2. The number of methoxy groups -OCH3 is 1. The van der Waals surface area contributed by atoms with Crippen molar-refractivity contribution >= 4 is 23.5 Å². The third kappa shape index (κ3) is 7.51. The third-order valence-electron chi connectivity index (χ3n) is 8.04. The van der Waals surface area contributed by atoms with E-state index in [-0.39, 0.29) is 49.2 Å². The molecular weight excluding hydrogens is 651 g/mol. The monoisotopic (exact) mass is 683 g/mol. The second-order valence-electron chi connectivity index (χ2n) is 11.6. The minimum atomic E-state index is -4.58. The van der Waals surface area contributed by atoms with Gasteiger partial charge in [0, 0.05) is 25.0 Å². The summed E-state index contributed by atoms with van der Waals surface area (Å²) in [6.07, 6.45) is -3.11. The number of anilines is 1. The van der Waals surface area contributed by atoms with Crippen molar-refractivity contribution in [1.82, 2.24) is 30.0 Å². The lowest BCUT2D eigenvalue weighted by molar-refractivity contribution is -0.137. The summed E-state index contributed by atoms with van der Waals surface area (Å²) in [7, 11) is 1.12. The number of nitrogens with one attached hydrogen (secondary N) is 2. The number of rotatable bonds is 10. The van der Waals surface area contributed by atoms with Gasteiger partial charge in [0.25, 0.3) is 11.4 Å². The minimum absolute atomic E-state index is 0.0275. The van der Waals surface area contributed by atoms with Gasteiger partial charge >= 0.3 is 12.3 Å². The molecule has 1 aliphatic rings. The zero-order chi connectivity index (χ0) is 35.3. The summed E-state index contributed by atoms with van der Waals surface area (Å²) < 4.78 is 56.6. The second kappa shape index (κ2) is 14.3. The molecule has 14 nitrogen and oxygen atoms in total. The molecule has 17 heteroatoms. The van der Waals surface area contributed by atoms with Crippen LogP contribution in [0.25, 0.3) is 11.4 Å². The average Bonchev–Trinajstić information content (AvgIpc) is 3.60. The van der Waals surface area contributed by atoms with Gasteiger partial charge < -0.3 is 19.2 Å². The van der Waals surface area contributed by atoms with E-state index in [9.17, 15) is 32.3 Å². The molecule has 0 bridgehead atoms. The molecule has 2 N–H and O–H groups in total. The summed E-state index contributed by atoms with van der Waals surface area (Å²) >= 11 is 0. The zero-order valence-electron chi connectivity index (χ0n) is 26.6. The molecule has 1 atom stereocenters. The van der Waals surface area contributed by atoms with E-state index in [1.807, 2.05) is 0 Å². The Bertz CT molecular complexity index is 1870. The third-order valence-corrected chi connectivity index (χ3v) is 8.04. The first-order valence-corrected chi connectivity index (χ1v) is 15.1. The van der Waals surface area contributed by atoms with Gasteiger partial charge in [-0.05, 0) is 30.9 Å². The fourth-order valence-electron chi connectivity index (χ4n) is 5.39. The summed E-state index contributed by atoms with van der Waals surface area (Å²) in [5, 5.41) is 13.0. The quantitative estimate of drug-likeness (QED) is 0.231. The van der Waals surface area contributed by atoms with Crippen molar-refractivity contribution in [3.05, 3.63) is 88.3 Å². The van der Waals surface area contributed by atoms with Crippen LogP contribution in [0.15, 0.2) is 64.1 Å². The van der Waals surface area contributed by atoms with Crippen LogP contribution >= 0.6 is 0 Å². The molecule has 0 radical (unpaired) electrons. The first-order chi connectivity index (χ1) is 23.3. The standard InChI is InChI=1S/C32H32F3N7O7/c1-18(2)24(39-23(43)17-42-26(19-7-5-4-6-8-19)37-16-21(28(42)45)38-30(46)47-3)25(44)27-40-41-29(49-27)31(11-13-48-14-12-31)22-10-9-20(15-36-22)32(33,34)35/h4-10,15-16,18,24H,11-14,17H2,1-3H3,(H,38,46)(H,39,43). The Balaban J connectivity index is 1.41. The number of benzene rings is 1. The predicted molar refractivity (Wildman–Crippen MR) is 165 cm³/mol. The number of alkyl halides is 3. The van der Waals surface area contributed by atoms with Crippen LogP contribution in [0.3, 0.4) is 0 Å². The van der Waals surface area contributed by atoms with Gasteiger partial charge in [-0.25, -0.2) is 9.78 Å². The van der Waals surface area contributed by atoms with Crippen LogP contribution in [0.1, 0.15) is 54.5 Å². The number of hydrogen-bond acceptors (Lipinski definition) is 11. The number of ketones is 1. The highest BCUT2D eigenvalue weighted by Crippen LogP contribution is 2.40. The molecule has 3 aromatic heterocycles. The second-order valence-corrected chi connectivity index (χ2v) is 11.6. The van der Waals surface area contributed by atoms with Crippen LogP contribution in [0.2, 0.25) is 0 Å². The van der Waals surface area contributed by atoms with E-state index in [0.717, 1.165) is 30.1 Å². The van der Waals surface area contributed by atoms with Crippen LogP contribution in [-0.4, -0.2) is 68.9 Å². The van der Waals surface area contributed by atoms with Crippen molar-refractivity contribution in [2.75, 3.05) is 25.6 Å². The molecule has 0 saturated carbocycles. The van der Waals surface area contributed by atoms with E-state index in [1.54, 1.807) is 44.2 Å². The Kier molecular flexibility index (Phi) is 10.2. The molecule has 1 aliphatic heterocycles. The summed E-state index contributed by atoms with van der Waals surface area (Å²) in [6, 6.07) is 9.54. The molecule has 49 heavy (non-hydrogen) atoms. The Hall–Kier alpha value is -5.45. The van der Waals surface area contributed by atoms with E-state index in [0.29, 0.717) is 5.56 Å². The van der Waals surface area contributed by atoms with Gasteiger partial charge in [0.05, 0.1) is 36.0 Å². The predicted octanol–water partition coefficient (Wildman–Crippen LogP) is 4.01. The van der Waals surface area contributed by atoms with E-state index >= 15 is 0 Å². The van der Waals surface area contributed by atoms with Crippen LogP contribution in [0, 0.1) is 5.92 Å². The Morgan fingerprint density at radius 1 is 1.02 bits per heavy atom. The van der Waals surface area contributed by atoms with E-state index in [4.69, 9.17) is 9.15 Å². The lowest BCUT2D eigenvalue weighted by Gasteiger charge is -2.33. The van der Waals surface area contributed by atoms with Gasteiger partial charge in [0.1, 0.15) is 18.1 Å². The van der Waals surface area contributed by atoms with Gasteiger partial charge in [0.2, 0.25) is 17.6 Å². The van der Waals surface area contributed by atoms with Crippen molar-refractivity contribution < 1.29 is 41.4 Å². The normalized spacial score (nSPS) is 15.0. The molecule has 258 valence electrons. The topological polar surface area (TPSA) is 180 Å². The number of nitrogens with zero attached hydrogens (tertiary/aromatic N) is 5. The lowest BCUT2D eigenvalue weighted by atomic mass is 9.76. The molecule has 2 amide bonds. The number of ether oxygens (including phenoxy) is 2.